The van der Waals surface area contributed by atoms with Crippen LogP contribution in [0.4, 0.5) is 4.39 Å². The number of piperazine rings is 1. The summed E-state index contributed by atoms with van der Waals surface area (Å²) in [5, 5.41) is 3.28. The van der Waals surface area contributed by atoms with Gasteiger partial charge in [0.15, 0.2) is 0 Å². The molecule has 0 bridgehead atoms. The minimum Gasteiger partial charge on any atom is -0.378 e. The van der Waals surface area contributed by atoms with E-state index in [1.165, 1.54) is 12.1 Å². The van der Waals surface area contributed by atoms with E-state index in [2.05, 4.69) is 5.32 Å². The fourth-order valence-electron chi connectivity index (χ4n) is 3.13. The predicted octanol–water partition coefficient (Wildman–Crippen LogP) is 1.87. The molecule has 2 aliphatic heterocycles. The molecular formula is C16H21FN2O2. The molecule has 0 aliphatic carbocycles. The first-order chi connectivity index (χ1) is 10.2. The van der Waals surface area contributed by atoms with Gasteiger partial charge in [-0.2, -0.15) is 0 Å². The van der Waals surface area contributed by atoms with Crippen LogP contribution in [0.25, 0.3) is 0 Å². The van der Waals surface area contributed by atoms with Crippen molar-refractivity contribution >= 4 is 5.91 Å². The molecule has 2 heterocycles. The summed E-state index contributed by atoms with van der Waals surface area (Å²) in [4.78, 5) is 14.4. The Balaban J connectivity index is 1.72. The molecule has 5 heteroatoms. The van der Waals surface area contributed by atoms with Crippen LogP contribution in [0.1, 0.15) is 30.9 Å². The van der Waals surface area contributed by atoms with E-state index in [0.717, 1.165) is 31.6 Å². The Morgan fingerprint density at radius 3 is 3.14 bits per heavy atom. The molecule has 114 valence electrons. The quantitative estimate of drug-likeness (QED) is 0.924. The molecule has 1 amide bonds. The standard InChI is InChI=1S/C16H21FN2O2/c17-13-4-1-3-12(9-13)15-11-18-6-7-19(15)16(20)10-14-5-2-8-21-14/h1,3-4,9,14-15,18H,2,5-8,10-11H2. The highest BCUT2D eigenvalue weighted by atomic mass is 19.1. The number of amides is 1. The normalized spacial score (nSPS) is 26.0. The highest BCUT2D eigenvalue weighted by molar-refractivity contribution is 5.77. The maximum absolute atomic E-state index is 13.4. The van der Waals surface area contributed by atoms with Crippen molar-refractivity contribution in [1.29, 1.82) is 0 Å². The minimum absolute atomic E-state index is 0.0561. The van der Waals surface area contributed by atoms with Gasteiger partial charge in [0.1, 0.15) is 5.82 Å². The number of hydrogen-bond acceptors (Lipinski definition) is 3. The third-order valence-corrected chi connectivity index (χ3v) is 4.22. The molecule has 3 rings (SSSR count). The molecule has 1 N–H and O–H groups in total. The summed E-state index contributed by atoms with van der Waals surface area (Å²) in [5.74, 6) is -0.151. The minimum atomic E-state index is -0.260. The number of benzene rings is 1. The van der Waals surface area contributed by atoms with E-state index < -0.39 is 0 Å². The Morgan fingerprint density at radius 2 is 2.38 bits per heavy atom. The summed E-state index contributed by atoms with van der Waals surface area (Å²) in [6.45, 7) is 2.86. The third kappa shape index (κ3) is 3.41. The van der Waals surface area contributed by atoms with Gasteiger partial charge in [0.25, 0.3) is 0 Å². The zero-order valence-electron chi connectivity index (χ0n) is 12.1. The van der Waals surface area contributed by atoms with Gasteiger partial charge in [0.05, 0.1) is 18.6 Å². The Kier molecular flexibility index (Phi) is 4.51. The molecule has 21 heavy (non-hydrogen) atoms. The Morgan fingerprint density at radius 1 is 1.48 bits per heavy atom. The molecule has 0 spiro atoms. The summed E-state index contributed by atoms with van der Waals surface area (Å²) in [5.41, 5.74) is 0.850. The lowest BCUT2D eigenvalue weighted by atomic mass is 10.0. The van der Waals surface area contributed by atoms with Crippen molar-refractivity contribution in [2.75, 3.05) is 26.2 Å². The molecule has 2 fully saturated rings. The van der Waals surface area contributed by atoms with Gasteiger partial charge in [-0.1, -0.05) is 12.1 Å². The largest absolute Gasteiger partial charge is 0.378 e. The lowest BCUT2D eigenvalue weighted by Gasteiger charge is -2.37. The second-order valence-electron chi connectivity index (χ2n) is 5.70. The van der Waals surface area contributed by atoms with Crippen molar-refractivity contribution in [1.82, 2.24) is 10.2 Å². The van der Waals surface area contributed by atoms with Gasteiger partial charge in [-0.15, -0.1) is 0 Å². The van der Waals surface area contributed by atoms with Crippen LogP contribution in [-0.4, -0.2) is 43.2 Å². The highest BCUT2D eigenvalue weighted by Crippen LogP contribution is 2.25. The van der Waals surface area contributed by atoms with Crippen molar-refractivity contribution in [3.8, 4) is 0 Å². The molecule has 4 nitrogen and oxygen atoms in total. The van der Waals surface area contributed by atoms with Gasteiger partial charge < -0.3 is 15.0 Å². The van der Waals surface area contributed by atoms with Crippen molar-refractivity contribution in [3.05, 3.63) is 35.6 Å². The van der Waals surface area contributed by atoms with Crippen LogP contribution in [-0.2, 0) is 9.53 Å². The van der Waals surface area contributed by atoms with Gasteiger partial charge >= 0.3 is 0 Å². The molecule has 1 aromatic carbocycles. The molecule has 0 aromatic heterocycles. The van der Waals surface area contributed by atoms with E-state index in [4.69, 9.17) is 4.74 Å². The number of rotatable bonds is 3. The zero-order chi connectivity index (χ0) is 14.7. The zero-order valence-corrected chi connectivity index (χ0v) is 12.1. The van der Waals surface area contributed by atoms with Gasteiger partial charge in [-0.25, -0.2) is 4.39 Å². The van der Waals surface area contributed by atoms with E-state index in [1.54, 1.807) is 6.07 Å². The van der Waals surface area contributed by atoms with Crippen molar-refractivity contribution in [3.63, 3.8) is 0 Å². The maximum atomic E-state index is 13.4. The van der Waals surface area contributed by atoms with Crippen LogP contribution in [0.2, 0.25) is 0 Å². The number of nitrogens with one attached hydrogen (secondary N) is 1. The molecule has 2 atom stereocenters. The first-order valence-corrected chi connectivity index (χ1v) is 7.61. The van der Waals surface area contributed by atoms with Crippen molar-refractivity contribution in [2.45, 2.75) is 31.4 Å². The molecule has 0 saturated carbocycles. The van der Waals surface area contributed by atoms with Gasteiger partial charge in [0.2, 0.25) is 5.91 Å². The Labute approximate surface area is 124 Å². The van der Waals surface area contributed by atoms with Crippen molar-refractivity contribution < 1.29 is 13.9 Å². The second-order valence-corrected chi connectivity index (χ2v) is 5.70. The second kappa shape index (κ2) is 6.54. The fourth-order valence-corrected chi connectivity index (χ4v) is 3.13. The first-order valence-electron chi connectivity index (χ1n) is 7.61. The lowest BCUT2D eigenvalue weighted by molar-refractivity contribution is -0.136. The molecular weight excluding hydrogens is 271 g/mol. The van der Waals surface area contributed by atoms with E-state index >= 15 is 0 Å². The number of carbonyl (C=O) groups is 1. The summed E-state index contributed by atoms with van der Waals surface area (Å²) >= 11 is 0. The molecule has 1 aromatic rings. The number of carbonyl (C=O) groups excluding carboxylic acids is 1. The van der Waals surface area contributed by atoms with Crippen LogP contribution < -0.4 is 5.32 Å². The van der Waals surface area contributed by atoms with Crippen LogP contribution >= 0.6 is 0 Å². The van der Waals surface area contributed by atoms with E-state index in [9.17, 15) is 9.18 Å². The van der Waals surface area contributed by atoms with Crippen LogP contribution in [0.3, 0.4) is 0 Å². The molecule has 0 radical (unpaired) electrons. The smallest absolute Gasteiger partial charge is 0.225 e. The SMILES string of the molecule is O=C(CC1CCCO1)N1CCNCC1c1cccc(F)c1. The summed E-state index contributed by atoms with van der Waals surface area (Å²) in [6, 6.07) is 6.43. The number of halogens is 1. The maximum Gasteiger partial charge on any atom is 0.225 e. The number of ether oxygens (including phenoxy) is 1. The highest BCUT2D eigenvalue weighted by Gasteiger charge is 2.30. The number of nitrogens with zero attached hydrogens (tertiary/aromatic N) is 1. The fraction of sp³-hybridized carbons (Fsp3) is 0.562. The number of hydrogen-bond donors (Lipinski definition) is 1. The van der Waals surface area contributed by atoms with E-state index in [-0.39, 0.29) is 23.9 Å². The van der Waals surface area contributed by atoms with Gasteiger partial charge in [0, 0.05) is 26.2 Å². The average molecular weight is 292 g/mol. The molecule has 2 saturated heterocycles. The molecule has 2 aliphatic rings. The van der Waals surface area contributed by atoms with E-state index in [0.29, 0.717) is 19.5 Å². The summed E-state index contributed by atoms with van der Waals surface area (Å²) in [7, 11) is 0. The van der Waals surface area contributed by atoms with Crippen LogP contribution in [0.5, 0.6) is 0 Å². The Bertz CT molecular complexity index is 503. The average Bonchev–Trinajstić information content (AvgIpc) is 3.00. The van der Waals surface area contributed by atoms with Crippen molar-refractivity contribution in [2.24, 2.45) is 0 Å². The van der Waals surface area contributed by atoms with Crippen LogP contribution in [0, 0.1) is 5.82 Å². The predicted molar refractivity (Wildman–Crippen MR) is 77.3 cm³/mol. The van der Waals surface area contributed by atoms with Gasteiger partial charge in [-0.3, -0.25) is 4.79 Å². The monoisotopic (exact) mass is 292 g/mol. The Hall–Kier alpha value is -1.46. The van der Waals surface area contributed by atoms with Crippen LogP contribution in [0.15, 0.2) is 24.3 Å². The van der Waals surface area contributed by atoms with Gasteiger partial charge in [-0.05, 0) is 30.5 Å². The van der Waals surface area contributed by atoms with E-state index in [1.807, 2.05) is 11.0 Å². The topological polar surface area (TPSA) is 41.6 Å². The lowest BCUT2D eigenvalue weighted by Crippen LogP contribution is -2.49. The summed E-state index contributed by atoms with van der Waals surface area (Å²) < 4.78 is 19.0. The first kappa shape index (κ1) is 14.5. The summed E-state index contributed by atoms with van der Waals surface area (Å²) in [6.07, 6.45) is 2.49. The molecule has 2 unspecified atom stereocenters. The third-order valence-electron chi connectivity index (χ3n) is 4.22.